The number of phenols is 1. The first-order valence-electron chi connectivity index (χ1n) is 17.0. The number of anilines is 2. The van der Waals surface area contributed by atoms with Crippen LogP contribution in [0.1, 0.15) is 35.4 Å². The maximum atomic E-state index is 15.4. The molecular weight excluding hydrogens is 828 g/mol. The van der Waals surface area contributed by atoms with Crippen LogP contribution in [-0.2, 0) is 30.8 Å². The second kappa shape index (κ2) is 13.4. The number of benzene rings is 3. The minimum absolute atomic E-state index is 0.0541. The summed E-state index contributed by atoms with van der Waals surface area (Å²) in [5, 5.41) is 12.4. The number of para-hydroxylation sites is 1. The van der Waals surface area contributed by atoms with Crippen molar-refractivity contribution >= 4 is 74.3 Å². The Hall–Kier alpha value is -4.92. The number of carbonyl (C=O) groups is 4. The molecule has 3 heterocycles. The smallest absolute Gasteiger partial charge is 0.417 e. The average Bonchev–Trinajstić information content (AvgIpc) is 3.54. The number of aromatic nitrogens is 1. The first kappa shape index (κ1) is 37.0. The largest absolute Gasteiger partial charge is 0.504 e. The van der Waals surface area contributed by atoms with Crippen LogP contribution in [0.15, 0.2) is 95.1 Å². The van der Waals surface area contributed by atoms with E-state index in [1.165, 1.54) is 13.2 Å². The number of phenolic OH excluding ortho intramolecular Hbond substituents is 1. The van der Waals surface area contributed by atoms with Crippen molar-refractivity contribution in [3.8, 4) is 11.5 Å². The van der Waals surface area contributed by atoms with E-state index in [9.17, 15) is 32.7 Å². The number of aromatic hydroxyl groups is 1. The number of hydrogen-bond donors (Lipinski definition) is 2. The van der Waals surface area contributed by atoms with E-state index < -0.39 is 81.2 Å². The summed E-state index contributed by atoms with van der Waals surface area (Å²) in [7, 11) is 1.36. The third-order valence-corrected chi connectivity index (χ3v) is 12.2. The molecule has 1 saturated carbocycles. The van der Waals surface area contributed by atoms with Crippen molar-refractivity contribution in [2.24, 2.45) is 23.7 Å². The molecule has 55 heavy (non-hydrogen) atoms. The molecule has 10 nitrogen and oxygen atoms in total. The minimum Gasteiger partial charge on any atom is -0.504 e. The van der Waals surface area contributed by atoms with Crippen LogP contribution in [0, 0.1) is 23.7 Å². The van der Waals surface area contributed by atoms with E-state index in [2.05, 4.69) is 26.3 Å². The highest BCUT2D eigenvalue weighted by Crippen LogP contribution is 2.65. The summed E-state index contributed by atoms with van der Waals surface area (Å²) >= 11 is 16.1. The fourth-order valence-corrected chi connectivity index (χ4v) is 9.72. The lowest BCUT2D eigenvalue weighted by Crippen LogP contribution is -2.53. The molecule has 0 unspecified atom stereocenters. The van der Waals surface area contributed by atoms with Gasteiger partial charge < -0.3 is 9.84 Å². The van der Waals surface area contributed by atoms with Crippen molar-refractivity contribution in [1.82, 2.24) is 9.99 Å². The fourth-order valence-electron chi connectivity index (χ4n) is 8.93. The van der Waals surface area contributed by atoms with Gasteiger partial charge in [-0.2, -0.15) is 18.2 Å². The molecule has 6 atom stereocenters. The van der Waals surface area contributed by atoms with E-state index in [-0.39, 0.29) is 29.9 Å². The Bertz CT molecular complexity index is 2330. The number of hydrogen-bond acceptors (Lipinski definition) is 8. The number of nitrogens with zero attached hydrogens (tertiary/aromatic N) is 3. The summed E-state index contributed by atoms with van der Waals surface area (Å²) in [5.74, 6) is -8.02. The third-order valence-electron chi connectivity index (χ3n) is 11.2. The van der Waals surface area contributed by atoms with Crippen LogP contribution in [-0.4, -0.2) is 45.8 Å². The topological polar surface area (TPSA) is 129 Å². The molecule has 2 N–H and O–H groups in total. The Morgan fingerprint density at radius 3 is 2.33 bits per heavy atom. The van der Waals surface area contributed by atoms with Gasteiger partial charge in [-0.15, -0.1) is 0 Å². The number of amides is 4. The molecule has 0 radical (unpaired) electrons. The summed E-state index contributed by atoms with van der Waals surface area (Å²) < 4.78 is 46.5. The maximum Gasteiger partial charge on any atom is 0.417 e. The van der Waals surface area contributed by atoms with Gasteiger partial charge in [-0.1, -0.05) is 81.1 Å². The molecular formula is C39H28BrCl2F3N4O6. The number of imide groups is 2. The number of alkyl halides is 3. The van der Waals surface area contributed by atoms with Crippen LogP contribution in [0.5, 0.6) is 11.5 Å². The van der Waals surface area contributed by atoms with Gasteiger partial charge in [0.1, 0.15) is 0 Å². The number of hydrazine groups is 1. The Morgan fingerprint density at radius 2 is 1.67 bits per heavy atom. The molecule has 2 aliphatic carbocycles. The quantitative estimate of drug-likeness (QED) is 0.147. The molecule has 3 fully saturated rings. The van der Waals surface area contributed by atoms with Crippen molar-refractivity contribution in [1.29, 1.82) is 0 Å². The number of pyridine rings is 1. The van der Waals surface area contributed by atoms with Crippen LogP contribution in [0.2, 0.25) is 10.0 Å². The van der Waals surface area contributed by atoms with E-state index in [4.69, 9.17) is 27.9 Å². The number of halogens is 6. The number of allylic oxidation sites excluding steroid dienone is 2. The molecule has 0 spiro atoms. The standard InChI is InChI=1S/C39H28BrCl2F3N4O6/c1-55-29-15-20(40)14-26(32(29)50)31-23-11-12-24-30(36(53)48(34(24)51)22-5-3-2-4-6-22)25(23)16-27-35(52)49(37(54)38(27,31)18-7-9-21(41)10-8-18)47-33-28(42)13-19(17-46-33)39(43,44)45/h2-11,13-15,17,24-25,27,30-31,50H,12,16H2,1H3,(H,46,47)/t24-,25+,27-,30-,31+,38+/m0/s1. The molecule has 2 saturated heterocycles. The number of methoxy groups -OCH3 is 1. The molecule has 4 aromatic rings. The summed E-state index contributed by atoms with van der Waals surface area (Å²) in [6.07, 6.45) is -2.38. The fraction of sp³-hybridized carbons (Fsp3) is 0.256. The van der Waals surface area contributed by atoms with Gasteiger partial charge in [0.25, 0.3) is 11.8 Å². The summed E-state index contributed by atoms with van der Waals surface area (Å²) in [4.78, 5) is 63.6. The zero-order chi connectivity index (χ0) is 39.1. The van der Waals surface area contributed by atoms with E-state index in [0.717, 1.165) is 4.90 Å². The Morgan fingerprint density at radius 1 is 0.964 bits per heavy atom. The van der Waals surface area contributed by atoms with E-state index in [1.807, 2.05) is 6.08 Å². The number of fused-ring (bicyclic) bond motifs is 4. The monoisotopic (exact) mass is 854 g/mol. The highest BCUT2D eigenvalue weighted by molar-refractivity contribution is 9.10. The van der Waals surface area contributed by atoms with Crippen LogP contribution in [0.25, 0.3) is 0 Å². The predicted octanol–water partition coefficient (Wildman–Crippen LogP) is 8.07. The first-order valence-corrected chi connectivity index (χ1v) is 18.6. The normalized spacial score (nSPS) is 26.1. The third kappa shape index (κ3) is 5.62. The van der Waals surface area contributed by atoms with E-state index in [0.29, 0.717) is 43.6 Å². The lowest BCUT2D eigenvalue weighted by molar-refractivity contribution is -0.139. The second-order valence-corrected chi connectivity index (χ2v) is 15.6. The van der Waals surface area contributed by atoms with Crippen molar-refractivity contribution in [2.75, 3.05) is 17.4 Å². The van der Waals surface area contributed by atoms with Crippen molar-refractivity contribution in [2.45, 2.75) is 30.4 Å². The molecule has 4 aliphatic rings. The first-order chi connectivity index (χ1) is 26.2. The molecule has 16 heteroatoms. The molecule has 0 bridgehead atoms. The summed E-state index contributed by atoms with van der Waals surface area (Å²) in [6, 6.07) is 18.6. The van der Waals surface area contributed by atoms with Crippen molar-refractivity contribution < 1.29 is 42.2 Å². The molecule has 1 aromatic heterocycles. The molecule has 8 rings (SSSR count). The summed E-state index contributed by atoms with van der Waals surface area (Å²) in [6.45, 7) is 0. The number of nitrogens with one attached hydrogen (secondary N) is 1. The molecule has 282 valence electrons. The molecule has 3 aromatic carbocycles. The summed E-state index contributed by atoms with van der Waals surface area (Å²) in [5.41, 5.74) is 1.07. The predicted molar refractivity (Wildman–Crippen MR) is 198 cm³/mol. The van der Waals surface area contributed by atoms with Gasteiger partial charge in [-0.3, -0.25) is 29.5 Å². The maximum absolute atomic E-state index is 15.4. The van der Waals surface area contributed by atoms with Gasteiger partial charge in [0.2, 0.25) is 11.8 Å². The Kier molecular flexibility index (Phi) is 9.01. The van der Waals surface area contributed by atoms with Crippen LogP contribution in [0.4, 0.5) is 24.7 Å². The van der Waals surface area contributed by atoms with Crippen LogP contribution in [0.3, 0.4) is 0 Å². The lowest BCUT2D eigenvalue weighted by atomic mass is 9.49. The number of carbonyl (C=O) groups excluding carboxylic acids is 4. The van der Waals surface area contributed by atoms with Gasteiger partial charge in [-0.25, -0.2) is 4.98 Å². The van der Waals surface area contributed by atoms with Gasteiger partial charge >= 0.3 is 6.18 Å². The second-order valence-electron chi connectivity index (χ2n) is 13.8. The zero-order valence-corrected chi connectivity index (χ0v) is 31.6. The Balaban J connectivity index is 1.35. The van der Waals surface area contributed by atoms with E-state index in [1.54, 1.807) is 60.7 Å². The van der Waals surface area contributed by atoms with E-state index >= 15 is 4.79 Å². The van der Waals surface area contributed by atoms with Crippen LogP contribution >= 0.6 is 39.1 Å². The zero-order valence-electron chi connectivity index (χ0n) is 28.5. The van der Waals surface area contributed by atoms with Gasteiger partial charge in [0.15, 0.2) is 17.3 Å². The average molecular weight is 856 g/mol. The molecule has 2 aliphatic heterocycles. The van der Waals surface area contributed by atoms with Crippen molar-refractivity contribution in [3.05, 3.63) is 122 Å². The number of ether oxygens (including phenoxy) is 1. The highest BCUT2D eigenvalue weighted by atomic mass is 79.9. The lowest BCUT2D eigenvalue weighted by Gasteiger charge is -2.50. The van der Waals surface area contributed by atoms with Gasteiger partial charge in [0, 0.05) is 27.2 Å². The number of rotatable bonds is 6. The highest BCUT2D eigenvalue weighted by Gasteiger charge is 2.71. The minimum atomic E-state index is -4.76. The van der Waals surface area contributed by atoms with Gasteiger partial charge in [0.05, 0.1) is 46.6 Å². The van der Waals surface area contributed by atoms with Gasteiger partial charge in [-0.05, 0) is 66.8 Å². The van der Waals surface area contributed by atoms with Crippen molar-refractivity contribution in [3.63, 3.8) is 0 Å². The Labute approximate surface area is 330 Å². The SMILES string of the molecule is COc1cc(Br)cc([C@H]2C3=CC[C@@H]4C(=O)N(c5ccccc5)C(=O)[C@@H]4[C@@H]3C[C@H]3C(=O)N(Nc4ncc(C(F)(F)F)cc4Cl)C(=O)[C@@]23c2ccc(Cl)cc2)c1O. The van der Waals surface area contributed by atoms with Crippen LogP contribution < -0.4 is 15.1 Å². The molecule has 4 amide bonds.